The summed E-state index contributed by atoms with van der Waals surface area (Å²) in [6.07, 6.45) is -1.39. The molecule has 94 valence electrons. The largest absolute Gasteiger partial charge is 0.384 e. The predicted octanol–water partition coefficient (Wildman–Crippen LogP) is 3.49. The lowest BCUT2D eigenvalue weighted by atomic mass is 10.00. The van der Waals surface area contributed by atoms with E-state index < -0.39 is 23.6 Å². The number of benzene rings is 2. The number of aliphatic hydroxyl groups is 1. The fourth-order valence-corrected chi connectivity index (χ4v) is 1.77. The highest BCUT2D eigenvalue weighted by Gasteiger charge is 2.16. The van der Waals surface area contributed by atoms with Gasteiger partial charge in [0, 0.05) is 11.6 Å². The molecule has 0 saturated heterocycles. The van der Waals surface area contributed by atoms with E-state index in [1.54, 1.807) is 13.0 Å². The van der Waals surface area contributed by atoms with Crippen molar-refractivity contribution in [3.05, 3.63) is 70.5 Å². The van der Waals surface area contributed by atoms with Crippen LogP contribution in [0.2, 0.25) is 0 Å². The minimum Gasteiger partial charge on any atom is -0.384 e. The highest BCUT2D eigenvalue weighted by atomic mass is 19.1. The van der Waals surface area contributed by atoms with Gasteiger partial charge in [0.25, 0.3) is 0 Å². The van der Waals surface area contributed by atoms with Crippen molar-refractivity contribution in [2.24, 2.45) is 0 Å². The molecule has 0 saturated carbocycles. The van der Waals surface area contributed by atoms with E-state index in [2.05, 4.69) is 0 Å². The molecule has 0 radical (unpaired) electrons. The van der Waals surface area contributed by atoms with Gasteiger partial charge in [-0.3, -0.25) is 0 Å². The number of rotatable bonds is 2. The van der Waals surface area contributed by atoms with Crippen LogP contribution in [-0.4, -0.2) is 5.11 Å². The number of hydrogen-bond donors (Lipinski definition) is 1. The molecule has 0 aromatic heterocycles. The zero-order valence-corrected chi connectivity index (χ0v) is 9.62. The zero-order valence-electron chi connectivity index (χ0n) is 9.62. The second kappa shape index (κ2) is 4.82. The Kier molecular flexibility index (Phi) is 3.39. The Morgan fingerprint density at radius 2 is 1.56 bits per heavy atom. The molecule has 1 unspecified atom stereocenters. The van der Waals surface area contributed by atoms with Gasteiger partial charge < -0.3 is 5.11 Å². The van der Waals surface area contributed by atoms with Gasteiger partial charge in [0.15, 0.2) is 0 Å². The van der Waals surface area contributed by atoms with Crippen molar-refractivity contribution in [2.45, 2.75) is 13.0 Å². The maximum atomic E-state index is 13.6. The van der Waals surface area contributed by atoms with Gasteiger partial charge in [-0.1, -0.05) is 12.1 Å². The van der Waals surface area contributed by atoms with Crippen LogP contribution in [0.15, 0.2) is 36.4 Å². The zero-order chi connectivity index (χ0) is 13.3. The smallest absolute Gasteiger partial charge is 0.129 e. The average molecular weight is 252 g/mol. The van der Waals surface area contributed by atoms with Crippen LogP contribution in [0.5, 0.6) is 0 Å². The second-order valence-corrected chi connectivity index (χ2v) is 4.13. The van der Waals surface area contributed by atoms with Crippen molar-refractivity contribution in [3.63, 3.8) is 0 Å². The third-order valence-corrected chi connectivity index (χ3v) is 2.65. The summed E-state index contributed by atoms with van der Waals surface area (Å²) in [6.45, 7) is 1.71. The van der Waals surface area contributed by atoms with Gasteiger partial charge in [-0.25, -0.2) is 13.2 Å². The first-order chi connectivity index (χ1) is 8.47. The Bertz CT molecular complexity index is 561. The van der Waals surface area contributed by atoms with E-state index in [0.717, 1.165) is 12.1 Å². The molecule has 0 aliphatic rings. The highest BCUT2D eigenvalue weighted by Crippen LogP contribution is 2.26. The molecule has 2 aromatic carbocycles. The molecule has 18 heavy (non-hydrogen) atoms. The lowest BCUT2D eigenvalue weighted by molar-refractivity contribution is 0.214. The Hall–Kier alpha value is -1.81. The topological polar surface area (TPSA) is 20.2 Å². The van der Waals surface area contributed by atoms with Crippen molar-refractivity contribution in [1.29, 1.82) is 0 Å². The molecule has 0 aliphatic heterocycles. The van der Waals surface area contributed by atoms with Gasteiger partial charge in [-0.05, 0) is 36.2 Å². The summed E-state index contributed by atoms with van der Waals surface area (Å²) in [6, 6.07) is 6.94. The first-order valence-corrected chi connectivity index (χ1v) is 5.37. The van der Waals surface area contributed by atoms with Crippen LogP contribution in [-0.2, 0) is 0 Å². The highest BCUT2D eigenvalue weighted by molar-refractivity contribution is 5.33. The number of aryl methyl sites for hydroxylation is 1. The van der Waals surface area contributed by atoms with Crippen LogP contribution >= 0.6 is 0 Å². The Morgan fingerprint density at radius 3 is 2.11 bits per heavy atom. The van der Waals surface area contributed by atoms with Crippen LogP contribution in [0, 0.1) is 24.4 Å². The molecule has 0 fully saturated rings. The van der Waals surface area contributed by atoms with Gasteiger partial charge in [-0.15, -0.1) is 0 Å². The van der Waals surface area contributed by atoms with Gasteiger partial charge >= 0.3 is 0 Å². The quantitative estimate of drug-likeness (QED) is 0.867. The van der Waals surface area contributed by atoms with Crippen LogP contribution < -0.4 is 0 Å². The van der Waals surface area contributed by atoms with Gasteiger partial charge in [-0.2, -0.15) is 0 Å². The molecule has 2 rings (SSSR count). The summed E-state index contributed by atoms with van der Waals surface area (Å²) >= 11 is 0. The van der Waals surface area contributed by atoms with Crippen molar-refractivity contribution in [3.8, 4) is 0 Å². The molecule has 0 aliphatic carbocycles. The van der Waals surface area contributed by atoms with Crippen molar-refractivity contribution in [2.75, 3.05) is 0 Å². The van der Waals surface area contributed by atoms with Crippen LogP contribution in [0.25, 0.3) is 0 Å². The summed E-state index contributed by atoms with van der Waals surface area (Å²) in [7, 11) is 0. The predicted molar refractivity (Wildman–Crippen MR) is 61.6 cm³/mol. The molecule has 0 bridgehead atoms. The summed E-state index contributed by atoms with van der Waals surface area (Å²) in [5.74, 6) is -2.22. The summed E-state index contributed by atoms with van der Waals surface area (Å²) in [5.41, 5.74) is 0.676. The molecule has 1 N–H and O–H groups in total. The Labute approximate surface area is 103 Å². The maximum absolute atomic E-state index is 13.6. The fourth-order valence-electron chi connectivity index (χ4n) is 1.77. The number of aliphatic hydroxyl groups excluding tert-OH is 1. The molecular formula is C14H11F3O. The van der Waals surface area contributed by atoms with E-state index in [0.29, 0.717) is 11.6 Å². The molecular weight excluding hydrogens is 241 g/mol. The van der Waals surface area contributed by atoms with E-state index >= 15 is 0 Å². The minimum atomic E-state index is -1.39. The monoisotopic (exact) mass is 252 g/mol. The number of halogens is 3. The fraction of sp³-hybridized carbons (Fsp3) is 0.143. The number of hydrogen-bond acceptors (Lipinski definition) is 1. The van der Waals surface area contributed by atoms with E-state index in [1.165, 1.54) is 12.1 Å². The first-order valence-electron chi connectivity index (χ1n) is 5.37. The first kappa shape index (κ1) is 12.6. The van der Waals surface area contributed by atoms with Crippen molar-refractivity contribution in [1.82, 2.24) is 0 Å². The third kappa shape index (κ3) is 2.54. The maximum Gasteiger partial charge on any atom is 0.129 e. The summed E-state index contributed by atoms with van der Waals surface area (Å²) in [5, 5.41) is 9.94. The lowest BCUT2D eigenvalue weighted by Crippen LogP contribution is -2.04. The Balaban J connectivity index is 2.44. The molecule has 4 heteroatoms. The van der Waals surface area contributed by atoms with E-state index in [-0.39, 0.29) is 11.1 Å². The van der Waals surface area contributed by atoms with E-state index in [4.69, 9.17) is 0 Å². The van der Waals surface area contributed by atoms with Crippen molar-refractivity contribution >= 4 is 0 Å². The molecule has 0 spiro atoms. The van der Waals surface area contributed by atoms with E-state index in [1.807, 2.05) is 0 Å². The standard InChI is InChI=1S/C14H11F3O/c1-8-2-3-12(13(17)4-8)14(18)9-5-10(15)7-11(16)6-9/h2-7,14,18H,1H3. The normalized spacial score (nSPS) is 12.5. The Morgan fingerprint density at radius 1 is 0.944 bits per heavy atom. The second-order valence-electron chi connectivity index (χ2n) is 4.13. The van der Waals surface area contributed by atoms with Crippen LogP contribution in [0.4, 0.5) is 13.2 Å². The molecule has 2 aromatic rings. The lowest BCUT2D eigenvalue weighted by Gasteiger charge is -2.13. The summed E-state index contributed by atoms with van der Waals surface area (Å²) in [4.78, 5) is 0. The van der Waals surface area contributed by atoms with Crippen LogP contribution in [0.1, 0.15) is 22.8 Å². The van der Waals surface area contributed by atoms with Crippen LogP contribution in [0.3, 0.4) is 0 Å². The molecule has 0 heterocycles. The summed E-state index contributed by atoms with van der Waals surface area (Å²) < 4.78 is 39.7. The SMILES string of the molecule is Cc1ccc(C(O)c2cc(F)cc(F)c2)c(F)c1. The van der Waals surface area contributed by atoms with E-state index in [9.17, 15) is 18.3 Å². The van der Waals surface area contributed by atoms with Gasteiger partial charge in [0.1, 0.15) is 23.6 Å². The molecule has 0 amide bonds. The van der Waals surface area contributed by atoms with Gasteiger partial charge in [0.2, 0.25) is 0 Å². The average Bonchev–Trinajstić information content (AvgIpc) is 2.26. The van der Waals surface area contributed by atoms with Gasteiger partial charge in [0.05, 0.1) is 0 Å². The molecule has 1 nitrogen and oxygen atoms in total. The third-order valence-electron chi connectivity index (χ3n) is 2.65. The molecule has 1 atom stereocenters. The van der Waals surface area contributed by atoms with Crippen molar-refractivity contribution < 1.29 is 18.3 Å². The minimum absolute atomic E-state index is 0.00870.